The van der Waals surface area contributed by atoms with E-state index in [-0.39, 0.29) is 11.2 Å². The van der Waals surface area contributed by atoms with Gasteiger partial charge in [0.2, 0.25) is 11.1 Å². The quantitative estimate of drug-likeness (QED) is 0.561. The lowest BCUT2D eigenvalue weighted by molar-refractivity contribution is -0.115. The van der Waals surface area contributed by atoms with Crippen LogP contribution in [0.2, 0.25) is 0 Å². The van der Waals surface area contributed by atoms with E-state index in [4.69, 9.17) is 0 Å². The number of amides is 1. The highest BCUT2D eigenvalue weighted by atomic mass is 32.2. The van der Waals surface area contributed by atoms with E-state index in [1.54, 1.807) is 4.68 Å². The number of hydrogen-bond donors (Lipinski definition) is 1. The number of carbonyl (C=O) groups excluding carboxylic acids is 1. The molecular formula is C22H27N5OS. The molecule has 29 heavy (non-hydrogen) atoms. The monoisotopic (exact) mass is 409 g/mol. The van der Waals surface area contributed by atoms with Crippen molar-refractivity contribution >= 4 is 23.4 Å². The first-order valence-electron chi connectivity index (χ1n) is 9.83. The number of carbonyl (C=O) groups is 1. The van der Waals surface area contributed by atoms with Crippen molar-refractivity contribution in [3.05, 3.63) is 59.2 Å². The zero-order valence-corrected chi connectivity index (χ0v) is 18.3. The predicted octanol–water partition coefficient (Wildman–Crippen LogP) is 4.91. The summed E-state index contributed by atoms with van der Waals surface area (Å²) in [6.07, 6.45) is 1.02. The van der Waals surface area contributed by atoms with Crippen molar-refractivity contribution in [1.29, 1.82) is 0 Å². The number of nitrogens with one attached hydrogen (secondary N) is 1. The lowest BCUT2D eigenvalue weighted by Gasteiger charge is -2.17. The van der Waals surface area contributed by atoms with Gasteiger partial charge in [-0.1, -0.05) is 55.9 Å². The molecule has 0 aliphatic rings. The molecule has 2 aromatic carbocycles. The molecule has 3 rings (SSSR count). The maximum absolute atomic E-state index is 12.9. The molecule has 0 aliphatic carbocycles. The van der Waals surface area contributed by atoms with Crippen molar-refractivity contribution in [2.45, 2.75) is 57.4 Å². The van der Waals surface area contributed by atoms with Crippen LogP contribution in [0.4, 0.5) is 5.69 Å². The van der Waals surface area contributed by atoms with Gasteiger partial charge in [-0.25, -0.2) is 0 Å². The van der Waals surface area contributed by atoms with E-state index in [2.05, 4.69) is 46.8 Å². The topological polar surface area (TPSA) is 72.7 Å². The molecule has 0 fully saturated rings. The van der Waals surface area contributed by atoms with Crippen LogP contribution in [0.15, 0.2) is 47.6 Å². The number of aryl methyl sites for hydroxylation is 2. The van der Waals surface area contributed by atoms with Gasteiger partial charge in [0.1, 0.15) is 0 Å². The number of aromatic nitrogens is 4. The van der Waals surface area contributed by atoms with Crippen LogP contribution in [-0.2, 0) is 4.79 Å². The van der Waals surface area contributed by atoms with Gasteiger partial charge < -0.3 is 5.32 Å². The lowest BCUT2D eigenvalue weighted by Crippen LogP contribution is -2.23. The summed E-state index contributed by atoms with van der Waals surface area (Å²) in [4.78, 5) is 12.9. The van der Waals surface area contributed by atoms with Gasteiger partial charge >= 0.3 is 0 Å². The van der Waals surface area contributed by atoms with Crippen LogP contribution in [-0.4, -0.2) is 31.4 Å². The average Bonchev–Trinajstić information content (AvgIpc) is 3.17. The number of tetrazole rings is 1. The van der Waals surface area contributed by atoms with E-state index in [0.717, 1.165) is 34.5 Å². The fourth-order valence-corrected chi connectivity index (χ4v) is 3.86. The second-order valence-corrected chi connectivity index (χ2v) is 8.62. The number of nitrogens with zero attached hydrogens (tertiary/aromatic N) is 4. The standard InChI is InChI=1S/C22H27N5OS/c1-6-15(3)18-9-7-8-10-19(18)23-21(28)17(5)29-22-24-25-26-27(22)20-13-14(2)11-12-16(20)4/h7-13,15,17H,6H2,1-5H3,(H,23,28)/t15-,17+/m0/s1. The Bertz CT molecular complexity index is 1000. The SMILES string of the molecule is CC[C@H](C)c1ccccc1NC(=O)[C@@H](C)Sc1nnnn1-c1cc(C)ccc1C. The molecule has 1 amide bonds. The molecule has 1 aromatic heterocycles. The summed E-state index contributed by atoms with van der Waals surface area (Å²) in [6.45, 7) is 10.2. The predicted molar refractivity (Wildman–Crippen MR) is 118 cm³/mol. The Morgan fingerprint density at radius 2 is 1.93 bits per heavy atom. The summed E-state index contributed by atoms with van der Waals surface area (Å²) in [5.41, 5.74) is 5.15. The van der Waals surface area contributed by atoms with Crippen LogP contribution in [0.5, 0.6) is 0 Å². The number of thioether (sulfide) groups is 1. The molecule has 0 aliphatic heterocycles. The van der Waals surface area contributed by atoms with Crippen molar-refractivity contribution in [1.82, 2.24) is 20.2 Å². The summed E-state index contributed by atoms with van der Waals surface area (Å²) in [5, 5.41) is 15.4. The van der Waals surface area contributed by atoms with Gasteiger partial charge in [0.05, 0.1) is 10.9 Å². The average molecular weight is 410 g/mol. The van der Waals surface area contributed by atoms with Crippen molar-refractivity contribution < 1.29 is 4.79 Å². The molecule has 6 nitrogen and oxygen atoms in total. The summed E-state index contributed by atoms with van der Waals surface area (Å²) >= 11 is 1.35. The molecule has 0 radical (unpaired) electrons. The Hall–Kier alpha value is -2.67. The Labute approximate surface area is 176 Å². The minimum absolute atomic E-state index is 0.0683. The molecule has 0 saturated carbocycles. The second kappa shape index (κ2) is 9.22. The van der Waals surface area contributed by atoms with Gasteiger partial charge in [0, 0.05) is 5.69 Å². The molecule has 1 N–H and O–H groups in total. The molecule has 1 heterocycles. The lowest BCUT2D eigenvalue weighted by atomic mass is 9.97. The Kier molecular flexibility index (Phi) is 6.69. The number of anilines is 1. The van der Waals surface area contributed by atoms with Crippen LogP contribution < -0.4 is 5.32 Å². The molecule has 2 atom stereocenters. The van der Waals surface area contributed by atoms with E-state index in [1.807, 2.05) is 51.1 Å². The molecular weight excluding hydrogens is 382 g/mol. The third kappa shape index (κ3) is 4.85. The maximum Gasteiger partial charge on any atom is 0.237 e. The molecule has 0 unspecified atom stereocenters. The fraction of sp³-hybridized carbons (Fsp3) is 0.364. The number of hydrogen-bond acceptors (Lipinski definition) is 5. The Balaban J connectivity index is 1.77. The normalized spacial score (nSPS) is 13.1. The summed E-state index contributed by atoms with van der Waals surface area (Å²) in [5.74, 6) is 0.312. The van der Waals surface area contributed by atoms with Crippen LogP contribution in [0, 0.1) is 13.8 Å². The Morgan fingerprint density at radius 3 is 2.69 bits per heavy atom. The second-order valence-electron chi connectivity index (χ2n) is 7.31. The van der Waals surface area contributed by atoms with Gasteiger partial charge in [0.15, 0.2) is 0 Å². The van der Waals surface area contributed by atoms with Crippen LogP contribution in [0.3, 0.4) is 0 Å². The molecule has 0 spiro atoms. The highest BCUT2D eigenvalue weighted by molar-refractivity contribution is 8.00. The Morgan fingerprint density at radius 1 is 1.17 bits per heavy atom. The first kappa shape index (κ1) is 21.0. The van der Waals surface area contributed by atoms with Gasteiger partial charge in [0.25, 0.3) is 0 Å². The van der Waals surface area contributed by atoms with Crippen LogP contribution in [0.1, 0.15) is 49.8 Å². The summed E-state index contributed by atoms with van der Waals surface area (Å²) < 4.78 is 1.70. The van der Waals surface area contributed by atoms with Crippen molar-refractivity contribution in [2.24, 2.45) is 0 Å². The fourth-order valence-electron chi connectivity index (χ4n) is 3.06. The van der Waals surface area contributed by atoms with Crippen LogP contribution in [0.25, 0.3) is 5.69 Å². The van der Waals surface area contributed by atoms with Gasteiger partial charge in [-0.05, 0) is 72.4 Å². The van der Waals surface area contributed by atoms with Gasteiger partial charge in [-0.2, -0.15) is 4.68 Å². The number of para-hydroxylation sites is 1. The van der Waals surface area contributed by atoms with Crippen LogP contribution >= 0.6 is 11.8 Å². The molecule has 0 saturated heterocycles. The molecule has 0 bridgehead atoms. The van der Waals surface area contributed by atoms with E-state index < -0.39 is 0 Å². The largest absolute Gasteiger partial charge is 0.325 e. The van der Waals surface area contributed by atoms with E-state index in [1.165, 1.54) is 11.8 Å². The zero-order valence-electron chi connectivity index (χ0n) is 17.5. The third-order valence-corrected chi connectivity index (χ3v) is 6.08. The zero-order chi connectivity index (χ0) is 21.0. The van der Waals surface area contributed by atoms with Gasteiger partial charge in [-0.3, -0.25) is 4.79 Å². The van der Waals surface area contributed by atoms with Crippen molar-refractivity contribution in [2.75, 3.05) is 5.32 Å². The van der Waals surface area contributed by atoms with Gasteiger partial charge in [-0.15, -0.1) is 5.10 Å². The minimum Gasteiger partial charge on any atom is -0.325 e. The third-order valence-electron chi connectivity index (χ3n) is 5.05. The first-order valence-corrected chi connectivity index (χ1v) is 10.7. The number of rotatable bonds is 7. The summed E-state index contributed by atoms with van der Waals surface area (Å²) in [7, 11) is 0. The first-order chi connectivity index (χ1) is 13.9. The number of benzene rings is 2. The smallest absolute Gasteiger partial charge is 0.237 e. The molecule has 152 valence electrons. The highest BCUT2D eigenvalue weighted by Crippen LogP contribution is 2.29. The van der Waals surface area contributed by atoms with E-state index in [9.17, 15) is 4.79 Å². The minimum atomic E-state index is -0.352. The summed E-state index contributed by atoms with van der Waals surface area (Å²) in [6, 6.07) is 14.1. The van der Waals surface area contributed by atoms with Crippen molar-refractivity contribution in [3.63, 3.8) is 0 Å². The van der Waals surface area contributed by atoms with E-state index in [0.29, 0.717) is 11.1 Å². The van der Waals surface area contributed by atoms with Crippen molar-refractivity contribution in [3.8, 4) is 5.69 Å². The molecule has 3 aromatic rings. The highest BCUT2D eigenvalue weighted by Gasteiger charge is 2.21. The maximum atomic E-state index is 12.9. The molecule has 7 heteroatoms. The van der Waals surface area contributed by atoms with E-state index >= 15 is 0 Å².